The van der Waals surface area contributed by atoms with Gasteiger partial charge in [0, 0.05) is 20.1 Å². The highest BCUT2D eigenvalue weighted by Gasteiger charge is 2.24. The SMILES string of the molecule is CO[Si](C)(C)CC(=O)NCNC(C)=O. The van der Waals surface area contributed by atoms with Crippen LogP contribution >= 0.6 is 0 Å². The van der Waals surface area contributed by atoms with Crippen molar-refractivity contribution in [3.8, 4) is 0 Å². The van der Waals surface area contributed by atoms with Crippen molar-refractivity contribution in [1.29, 1.82) is 0 Å². The van der Waals surface area contributed by atoms with Crippen molar-refractivity contribution in [3.63, 3.8) is 0 Å². The molecule has 82 valence electrons. The fourth-order valence-electron chi connectivity index (χ4n) is 0.789. The second-order valence-electron chi connectivity index (χ2n) is 3.65. The van der Waals surface area contributed by atoms with E-state index in [9.17, 15) is 9.59 Å². The lowest BCUT2D eigenvalue weighted by Gasteiger charge is -2.18. The topological polar surface area (TPSA) is 67.4 Å². The van der Waals surface area contributed by atoms with Crippen LogP contribution in [-0.4, -0.2) is 33.9 Å². The summed E-state index contributed by atoms with van der Waals surface area (Å²) in [5.74, 6) is -0.245. The highest BCUT2D eigenvalue weighted by atomic mass is 28.4. The lowest BCUT2D eigenvalue weighted by Crippen LogP contribution is -2.41. The first kappa shape index (κ1) is 13.1. The number of hydrogen-bond donors (Lipinski definition) is 2. The Balaban J connectivity index is 3.71. The van der Waals surface area contributed by atoms with Gasteiger partial charge in [0.1, 0.15) is 0 Å². The molecule has 0 rings (SSSR count). The summed E-state index contributed by atoms with van der Waals surface area (Å²) in [6.07, 6.45) is 0. The lowest BCUT2D eigenvalue weighted by atomic mass is 10.6. The minimum atomic E-state index is -1.84. The summed E-state index contributed by atoms with van der Waals surface area (Å²) in [4.78, 5) is 21.8. The van der Waals surface area contributed by atoms with Crippen LogP contribution in [0.4, 0.5) is 0 Å². The van der Waals surface area contributed by atoms with Crippen LogP contribution in [0.3, 0.4) is 0 Å². The molecule has 0 aromatic rings. The molecule has 0 aromatic carbocycles. The average molecular weight is 218 g/mol. The van der Waals surface area contributed by atoms with Crippen molar-refractivity contribution >= 4 is 20.1 Å². The molecule has 0 radical (unpaired) electrons. The second-order valence-corrected chi connectivity index (χ2v) is 7.93. The Hall–Kier alpha value is -0.883. The van der Waals surface area contributed by atoms with E-state index in [4.69, 9.17) is 4.43 Å². The molecule has 0 aliphatic carbocycles. The highest BCUT2D eigenvalue weighted by Crippen LogP contribution is 2.08. The van der Waals surface area contributed by atoms with Crippen molar-refractivity contribution in [2.45, 2.75) is 26.1 Å². The zero-order valence-corrected chi connectivity index (χ0v) is 10.1. The predicted molar refractivity (Wildman–Crippen MR) is 56.1 cm³/mol. The molecule has 2 amide bonds. The van der Waals surface area contributed by atoms with E-state index >= 15 is 0 Å². The number of amides is 2. The van der Waals surface area contributed by atoms with Crippen LogP contribution in [0.1, 0.15) is 6.92 Å². The van der Waals surface area contributed by atoms with Crippen molar-refractivity contribution < 1.29 is 14.0 Å². The van der Waals surface area contributed by atoms with E-state index in [0.29, 0.717) is 6.04 Å². The monoisotopic (exact) mass is 218 g/mol. The highest BCUT2D eigenvalue weighted by molar-refractivity contribution is 6.74. The van der Waals surface area contributed by atoms with Gasteiger partial charge in [-0.2, -0.15) is 0 Å². The Kier molecular flexibility index (Phi) is 5.40. The van der Waals surface area contributed by atoms with Crippen LogP contribution in [-0.2, 0) is 14.0 Å². The summed E-state index contributed by atoms with van der Waals surface area (Å²) in [5.41, 5.74) is 0. The van der Waals surface area contributed by atoms with Gasteiger partial charge in [-0.3, -0.25) is 9.59 Å². The molecule has 0 atom stereocenters. The molecule has 0 heterocycles. The van der Waals surface area contributed by atoms with Gasteiger partial charge in [0.15, 0.2) is 8.32 Å². The molecular weight excluding hydrogens is 200 g/mol. The zero-order valence-electron chi connectivity index (χ0n) is 9.14. The molecule has 0 bridgehead atoms. The van der Waals surface area contributed by atoms with Gasteiger partial charge < -0.3 is 15.1 Å². The van der Waals surface area contributed by atoms with Crippen molar-refractivity contribution in [3.05, 3.63) is 0 Å². The number of nitrogens with one attached hydrogen (secondary N) is 2. The first-order chi connectivity index (χ1) is 6.37. The molecule has 0 aromatic heterocycles. The Morgan fingerprint density at radius 2 is 1.86 bits per heavy atom. The largest absolute Gasteiger partial charge is 0.420 e. The summed E-state index contributed by atoms with van der Waals surface area (Å²) in [5, 5.41) is 5.07. The minimum absolute atomic E-state index is 0.0859. The molecule has 0 spiro atoms. The fourth-order valence-corrected chi connectivity index (χ4v) is 1.83. The lowest BCUT2D eigenvalue weighted by molar-refractivity contribution is -0.120. The Labute approximate surface area is 85.3 Å². The maximum atomic E-state index is 11.3. The summed E-state index contributed by atoms with van der Waals surface area (Å²) in [6, 6.07) is 0.406. The quantitative estimate of drug-likeness (QED) is 0.506. The van der Waals surface area contributed by atoms with Gasteiger partial charge in [-0.1, -0.05) is 0 Å². The number of carbonyl (C=O) groups excluding carboxylic acids is 2. The summed E-state index contributed by atoms with van der Waals surface area (Å²) in [7, 11) is -0.224. The molecule has 6 heteroatoms. The normalized spacial score (nSPS) is 10.9. The molecule has 0 unspecified atom stereocenters. The van der Waals surface area contributed by atoms with Crippen molar-refractivity contribution in [1.82, 2.24) is 10.6 Å². The standard InChI is InChI=1S/C8H18N2O3Si/c1-7(11)9-6-10-8(12)5-14(3,4)13-2/h5-6H2,1-4H3,(H,9,11)(H,10,12). The van der Waals surface area contributed by atoms with Crippen molar-refractivity contribution in [2.75, 3.05) is 13.8 Å². The molecule has 0 saturated heterocycles. The number of hydrogen-bond acceptors (Lipinski definition) is 3. The zero-order chi connectivity index (χ0) is 11.2. The van der Waals surface area contributed by atoms with E-state index in [1.165, 1.54) is 6.92 Å². The smallest absolute Gasteiger partial charge is 0.220 e. The Morgan fingerprint density at radius 3 is 2.29 bits per heavy atom. The summed E-state index contributed by atoms with van der Waals surface area (Å²) in [6.45, 7) is 5.51. The summed E-state index contributed by atoms with van der Waals surface area (Å²) < 4.78 is 5.23. The fraction of sp³-hybridized carbons (Fsp3) is 0.750. The van der Waals surface area contributed by atoms with Gasteiger partial charge in [-0.25, -0.2) is 0 Å². The van der Waals surface area contributed by atoms with Crippen LogP contribution in [0, 0.1) is 0 Å². The van der Waals surface area contributed by atoms with Crippen LogP contribution in [0.25, 0.3) is 0 Å². The molecule has 0 aliphatic heterocycles. The van der Waals surface area contributed by atoms with E-state index in [2.05, 4.69) is 10.6 Å². The van der Waals surface area contributed by atoms with Gasteiger partial charge in [0.05, 0.1) is 6.67 Å². The van der Waals surface area contributed by atoms with Gasteiger partial charge in [0.25, 0.3) is 0 Å². The van der Waals surface area contributed by atoms with E-state index in [1.807, 2.05) is 13.1 Å². The van der Waals surface area contributed by atoms with Crippen LogP contribution in [0.5, 0.6) is 0 Å². The Morgan fingerprint density at radius 1 is 1.29 bits per heavy atom. The second kappa shape index (κ2) is 5.76. The summed E-state index contributed by atoms with van der Waals surface area (Å²) >= 11 is 0. The first-order valence-corrected chi connectivity index (χ1v) is 7.55. The average Bonchev–Trinajstić information content (AvgIpc) is 2.02. The maximum Gasteiger partial charge on any atom is 0.220 e. The van der Waals surface area contributed by atoms with Gasteiger partial charge >= 0.3 is 0 Å². The third-order valence-corrected chi connectivity index (χ3v) is 4.04. The number of rotatable bonds is 5. The van der Waals surface area contributed by atoms with Gasteiger partial charge in [-0.05, 0) is 13.1 Å². The molecular formula is C8H18N2O3Si. The van der Waals surface area contributed by atoms with E-state index in [1.54, 1.807) is 7.11 Å². The molecule has 0 fully saturated rings. The third kappa shape index (κ3) is 6.61. The van der Waals surface area contributed by atoms with Gasteiger partial charge in [0.2, 0.25) is 11.8 Å². The molecule has 2 N–H and O–H groups in total. The number of carbonyl (C=O) groups is 2. The molecule has 5 nitrogen and oxygen atoms in total. The van der Waals surface area contributed by atoms with Gasteiger partial charge in [-0.15, -0.1) is 0 Å². The molecule has 0 aliphatic rings. The van der Waals surface area contributed by atoms with Crippen LogP contribution < -0.4 is 10.6 Å². The Bertz CT molecular complexity index is 219. The van der Waals surface area contributed by atoms with Crippen molar-refractivity contribution in [2.24, 2.45) is 0 Å². The molecule has 0 saturated carbocycles. The minimum Gasteiger partial charge on any atom is -0.420 e. The van der Waals surface area contributed by atoms with E-state index in [0.717, 1.165) is 0 Å². The van der Waals surface area contributed by atoms with Crippen LogP contribution in [0.15, 0.2) is 0 Å². The predicted octanol–water partition coefficient (Wildman–Crippen LogP) is 0.0477. The molecule has 14 heavy (non-hydrogen) atoms. The first-order valence-electron chi connectivity index (χ1n) is 4.43. The third-order valence-electron chi connectivity index (χ3n) is 1.76. The maximum absolute atomic E-state index is 11.3. The van der Waals surface area contributed by atoms with E-state index in [-0.39, 0.29) is 18.5 Å². The van der Waals surface area contributed by atoms with E-state index < -0.39 is 8.32 Å². The van der Waals surface area contributed by atoms with Crippen LogP contribution in [0.2, 0.25) is 19.1 Å².